The van der Waals surface area contributed by atoms with Crippen LogP contribution in [0.15, 0.2) is 29.0 Å². The second-order valence-electron chi connectivity index (χ2n) is 8.09. The molecule has 0 saturated carbocycles. The van der Waals surface area contributed by atoms with Crippen LogP contribution < -0.4 is 0 Å². The van der Waals surface area contributed by atoms with E-state index in [2.05, 4.69) is 10.1 Å². The van der Waals surface area contributed by atoms with Gasteiger partial charge in [0.2, 0.25) is 5.91 Å². The maximum Gasteiger partial charge on any atom is 0.259 e. The topological polar surface area (TPSA) is 79.5 Å². The Hall–Kier alpha value is -2.70. The van der Waals surface area contributed by atoms with Crippen LogP contribution in [0.3, 0.4) is 0 Å². The predicted molar refractivity (Wildman–Crippen MR) is 102 cm³/mol. The fraction of sp³-hybridized carbons (Fsp3) is 0.524. The van der Waals surface area contributed by atoms with Gasteiger partial charge >= 0.3 is 0 Å². The van der Waals surface area contributed by atoms with E-state index in [0.717, 1.165) is 31.4 Å². The highest BCUT2D eigenvalue weighted by molar-refractivity contribution is 5.96. The lowest BCUT2D eigenvalue weighted by Gasteiger charge is -2.46. The summed E-state index contributed by atoms with van der Waals surface area (Å²) in [5.74, 6) is 0.781. The van der Waals surface area contributed by atoms with Crippen molar-refractivity contribution in [3.8, 4) is 0 Å². The summed E-state index contributed by atoms with van der Waals surface area (Å²) >= 11 is 0. The van der Waals surface area contributed by atoms with Crippen molar-refractivity contribution in [1.82, 2.24) is 19.9 Å². The third kappa shape index (κ3) is 3.53. The van der Waals surface area contributed by atoms with Crippen molar-refractivity contribution in [1.29, 1.82) is 0 Å². The van der Waals surface area contributed by atoms with Crippen molar-refractivity contribution in [2.75, 3.05) is 19.6 Å². The Kier molecular flexibility index (Phi) is 4.91. The molecule has 148 valence electrons. The Morgan fingerprint density at radius 3 is 2.43 bits per heavy atom. The largest absolute Gasteiger partial charge is 0.361 e. The standard InChI is InChI=1S/C21H26N4O3/c1-15-19(16(2)28-23-15)20(27)24-10-5-21(6-11-24)7-12-25(18(26)13-21)14-17-3-8-22-9-4-17/h3-4,8-9H,5-7,10-14H2,1-2H3. The predicted octanol–water partition coefficient (Wildman–Crippen LogP) is 2.73. The molecule has 0 radical (unpaired) electrons. The molecule has 7 heteroatoms. The van der Waals surface area contributed by atoms with Gasteiger partial charge in [0.15, 0.2) is 0 Å². The molecule has 0 aromatic carbocycles. The molecule has 4 rings (SSSR count). The molecule has 0 unspecified atom stereocenters. The number of piperidine rings is 2. The highest BCUT2D eigenvalue weighted by Gasteiger charge is 2.42. The van der Waals surface area contributed by atoms with Crippen molar-refractivity contribution in [3.63, 3.8) is 0 Å². The SMILES string of the molecule is Cc1noc(C)c1C(=O)N1CCC2(CCN(Cc3ccncc3)C(=O)C2)CC1. The van der Waals surface area contributed by atoms with E-state index < -0.39 is 0 Å². The van der Waals surface area contributed by atoms with Crippen LogP contribution in [0.25, 0.3) is 0 Å². The van der Waals surface area contributed by atoms with E-state index in [9.17, 15) is 9.59 Å². The van der Waals surface area contributed by atoms with Crippen molar-refractivity contribution in [2.24, 2.45) is 5.41 Å². The fourth-order valence-corrected chi connectivity index (χ4v) is 4.45. The summed E-state index contributed by atoms with van der Waals surface area (Å²) in [6.45, 7) is 6.36. The molecule has 2 aliphatic rings. The van der Waals surface area contributed by atoms with Crippen LogP contribution in [-0.2, 0) is 11.3 Å². The lowest BCUT2D eigenvalue weighted by molar-refractivity contribution is -0.140. The average Bonchev–Trinajstić information content (AvgIpc) is 3.03. The zero-order chi connectivity index (χ0) is 19.7. The van der Waals surface area contributed by atoms with Crippen LogP contribution in [0, 0.1) is 19.3 Å². The van der Waals surface area contributed by atoms with Gasteiger partial charge < -0.3 is 14.3 Å². The van der Waals surface area contributed by atoms with Gasteiger partial charge in [-0.2, -0.15) is 0 Å². The molecular formula is C21H26N4O3. The van der Waals surface area contributed by atoms with Gasteiger partial charge in [-0.05, 0) is 56.2 Å². The Balaban J connectivity index is 1.36. The second-order valence-corrected chi connectivity index (χ2v) is 8.09. The first kappa shape index (κ1) is 18.7. The lowest BCUT2D eigenvalue weighted by Crippen LogP contribution is -2.50. The maximum atomic E-state index is 12.8. The highest BCUT2D eigenvalue weighted by Crippen LogP contribution is 2.42. The van der Waals surface area contributed by atoms with Gasteiger partial charge in [-0.1, -0.05) is 5.16 Å². The van der Waals surface area contributed by atoms with Crippen molar-refractivity contribution in [2.45, 2.75) is 46.1 Å². The molecule has 2 aromatic rings. The summed E-state index contributed by atoms with van der Waals surface area (Å²) in [6.07, 6.45) is 6.84. The third-order valence-corrected chi connectivity index (χ3v) is 6.27. The van der Waals surface area contributed by atoms with Gasteiger partial charge in [-0.15, -0.1) is 0 Å². The molecule has 2 fully saturated rings. The maximum absolute atomic E-state index is 12.8. The van der Waals surface area contributed by atoms with Gasteiger partial charge in [-0.3, -0.25) is 14.6 Å². The van der Waals surface area contributed by atoms with E-state index >= 15 is 0 Å². The van der Waals surface area contributed by atoms with Crippen LogP contribution in [0.5, 0.6) is 0 Å². The van der Waals surface area contributed by atoms with E-state index in [1.54, 1.807) is 26.2 Å². The average molecular weight is 382 g/mol. The molecule has 1 spiro atoms. The lowest BCUT2D eigenvalue weighted by atomic mass is 9.71. The Labute approximate surface area is 164 Å². The van der Waals surface area contributed by atoms with E-state index in [1.165, 1.54) is 0 Å². The molecule has 2 aliphatic heterocycles. The van der Waals surface area contributed by atoms with Gasteiger partial charge in [0.1, 0.15) is 11.3 Å². The van der Waals surface area contributed by atoms with Crippen LogP contribution in [-0.4, -0.2) is 51.4 Å². The molecule has 4 heterocycles. The highest BCUT2D eigenvalue weighted by atomic mass is 16.5. The molecular weight excluding hydrogens is 356 g/mol. The number of aromatic nitrogens is 2. The number of amides is 2. The number of hydrogen-bond donors (Lipinski definition) is 0. The Morgan fingerprint density at radius 1 is 1.14 bits per heavy atom. The molecule has 7 nitrogen and oxygen atoms in total. The molecule has 2 aromatic heterocycles. The second kappa shape index (κ2) is 7.37. The van der Waals surface area contributed by atoms with E-state index in [-0.39, 0.29) is 17.2 Å². The number of nitrogens with zero attached hydrogens (tertiary/aromatic N) is 4. The number of pyridine rings is 1. The van der Waals surface area contributed by atoms with Gasteiger partial charge in [0.25, 0.3) is 5.91 Å². The summed E-state index contributed by atoms with van der Waals surface area (Å²) in [7, 11) is 0. The molecule has 2 saturated heterocycles. The summed E-state index contributed by atoms with van der Waals surface area (Å²) < 4.78 is 5.14. The summed E-state index contributed by atoms with van der Waals surface area (Å²) in [4.78, 5) is 33.5. The number of aryl methyl sites for hydroxylation is 2. The normalized spacial score (nSPS) is 19.3. The van der Waals surface area contributed by atoms with E-state index in [0.29, 0.717) is 43.1 Å². The first-order valence-electron chi connectivity index (χ1n) is 9.86. The number of likely N-dealkylation sites (tertiary alicyclic amines) is 2. The molecule has 0 aliphatic carbocycles. The molecule has 0 atom stereocenters. The minimum Gasteiger partial charge on any atom is -0.361 e. The van der Waals surface area contributed by atoms with Crippen molar-refractivity contribution < 1.29 is 14.1 Å². The third-order valence-electron chi connectivity index (χ3n) is 6.27. The van der Waals surface area contributed by atoms with Crippen LogP contribution in [0.4, 0.5) is 0 Å². The smallest absolute Gasteiger partial charge is 0.259 e. The summed E-state index contributed by atoms with van der Waals surface area (Å²) in [5, 5.41) is 3.89. The first-order valence-corrected chi connectivity index (χ1v) is 9.86. The monoisotopic (exact) mass is 382 g/mol. The van der Waals surface area contributed by atoms with E-state index in [1.807, 2.05) is 21.9 Å². The van der Waals surface area contributed by atoms with Gasteiger partial charge in [0, 0.05) is 45.0 Å². The van der Waals surface area contributed by atoms with Gasteiger partial charge in [0.05, 0.1) is 5.69 Å². The Morgan fingerprint density at radius 2 is 1.82 bits per heavy atom. The van der Waals surface area contributed by atoms with Crippen molar-refractivity contribution in [3.05, 3.63) is 47.1 Å². The molecule has 0 bridgehead atoms. The van der Waals surface area contributed by atoms with Crippen LogP contribution in [0.1, 0.15) is 53.1 Å². The first-order chi connectivity index (χ1) is 13.5. The number of rotatable bonds is 3. The van der Waals surface area contributed by atoms with Crippen LogP contribution in [0.2, 0.25) is 0 Å². The minimum absolute atomic E-state index is 0.00690. The number of carbonyl (C=O) groups excluding carboxylic acids is 2. The quantitative estimate of drug-likeness (QED) is 0.815. The number of hydrogen-bond acceptors (Lipinski definition) is 5. The van der Waals surface area contributed by atoms with E-state index in [4.69, 9.17) is 4.52 Å². The minimum atomic E-state index is -0.00690. The summed E-state index contributed by atoms with van der Waals surface area (Å²) in [6, 6.07) is 3.91. The Bertz CT molecular complexity index is 850. The number of carbonyl (C=O) groups is 2. The van der Waals surface area contributed by atoms with Crippen LogP contribution >= 0.6 is 0 Å². The van der Waals surface area contributed by atoms with Crippen molar-refractivity contribution >= 4 is 11.8 Å². The summed E-state index contributed by atoms with van der Waals surface area (Å²) in [5.41, 5.74) is 2.36. The molecule has 2 amide bonds. The van der Waals surface area contributed by atoms with Gasteiger partial charge in [-0.25, -0.2) is 0 Å². The fourth-order valence-electron chi connectivity index (χ4n) is 4.45. The zero-order valence-corrected chi connectivity index (χ0v) is 16.5. The zero-order valence-electron chi connectivity index (χ0n) is 16.5. The molecule has 0 N–H and O–H groups in total. The molecule has 28 heavy (non-hydrogen) atoms.